The molecule has 0 aromatic rings. The lowest BCUT2D eigenvalue weighted by Gasteiger charge is -2.34. The molecule has 0 atom stereocenters. The molecule has 10 heteroatoms. The van der Waals surface area contributed by atoms with Crippen LogP contribution in [0, 0.1) is 15.3 Å². The Morgan fingerprint density at radius 3 is 2.11 bits per heavy atom. The van der Waals surface area contributed by atoms with Crippen LogP contribution in [0.1, 0.15) is 13.8 Å². The highest BCUT2D eigenvalue weighted by Crippen LogP contribution is 2.26. The van der Waals surface area contributed by atoms with Gasteiger partial charge in [0.15, 0.2) is 19.0 Å². The number of carbonyl (C=O) groups is 1. The SMILES string of the molecule is CN(C)C(=O)N=[N+]([O-])C1([N+](=O)[O-])COC(C)(C)OC1. The summed E-state index contributed by atoms with van der Waals surface area (Å²) >= 11 is 0. The molecular weight excluding hydrogens is 260 g/mol. The molecular formula is C9H16N4O6. The van der Waals surface area contributed by atoms with Crippen molar-refractivity contribution in [2.24, 2.45) is 5.11 Å². The Labute approximate surface area is 109 Å². The van der Waals surface area contributed by atoms with Gasteiger partial charge in [0.2, 0.25) is 0 Å². The van der Waals surface area contributed by atoms with Gasteiger partial charge in [-0.05, 0) is 18.7 Å². The van der Waals surface area contributed by atoms with Gasteiger partial charge in [-0.25, -0.2) is 4.79 Å². The Bertz CT molecular complexity index is 409. The summed E-state index contributed by atoms with van der Waals surface area (Å²) in [5.41, 5.74) is -2.25. The van der Waals surface area contributed by atoms with E-state index in [0.29, 0.717) is 0 Å². The summed E-state index contributed by atoms with van der Waals surface area (Å²) < 4.78 is 10.2. The van der Waals surface area contributed by atoms with Crippen LogP contribution < -0.4 is 0 Å². The van der Waals surface area contributed by atoms with E-state index in [4.69, 9.17) is 9.47 Å². The second-order valence-corrected chi connectivity index (χ2v) is 4.77. The van der Waals surface area contributed by atoms with Gasteiger partial charge < -0.3 is 19.6 Å². The van der Waals surface area contributed by atoms with Gasteiger partial charge in [0.05, 0.1) is 5.11 Å². The third-order valence-electron chi connectivity index (χ3n) is 2.56. The molecule has 0 aliphatic carbocycles. The first-order chi connectivity index (χ1) is 8.61. The van der Waals surface area contributed by atoms with Crippen LogP contribution in [0.4, 0.5) is 4.79 Å². The molecule has 1 fully saturated rings. The number of nitrogens with zero attached hydrogens (tertiary/aromatic N) is 4. The van der Waals surface area contributed by atoms with E-state index in [-0.39, 0.29) is 4.86 Å². The lowest BCUT2D eigenvalue weighted by atomic mass is 10.2. The van der Waals surface area contributed by atoms with E-state index in [2.05, 4.69) is 5.11 Å². The van der Waals surface area contributed by atoms with Crippen molar-refractivity contribution >= 4 is 6.03 Å². The van der Waals surface area contributed by atoms with Gasteiger partial charge in [-0.2, -0.15) is 0 Å². The number of hydrogen-bond acceptors (Lipinski definition) is 6. The van der Waals surface area contributed by atoms with E-state index in [0.717, 1.165) is 4.90 Å². The smallest absolute Gasteiger partial charge is 0.484 e. The summed E-state index contributed by atoms with van der Waals surface area (Å²) in [5.74, 6) is -1.02. The fourth-order valence-corrected chi connectivity index (χ4v) is 1.21. The number of hydrogen-bond donors (Lipinski definition) is 0. The summed E-state index contributed by atoms with van der Waals surface area (Å²) in [7, 11) is 2.74. The Hall–Kier alpha value is -1.81. The largest absolute Gasteiger partial charge is 0.594 e. The molecule has 0 spiro atoms. The summed E-state index contributed by atoms with van der Waals surface area (Å²) in [6.07, 6.45) is 0. The number of rotatable bonds is 2. The van der Waals surface area contributed by atoms with Crippen molar-refractivity contribution in [1.82, 2.24) is 4.90 Å². The van der Waals surface area contributed by atoms with Gasteiger partial charge in [0.1, 0.15) is 4.92 Å². The molecule has 19 heavy (non-hydrogen) atoms. The Morgan fingerprint density at radius 2 is 1.74 bits per heavy atom. The fourth-order valence-electron chi connectivity index (χ4n) is 1.21. The summed E-state index contributed by atoms with van der Waals surface area (Å²) in [6.45, 7) is 2.07. The molecule has 0 aromatic carbocycles. The first-order valence-corrected chi connectivity index (χ1v) is 5.43. The third kappa shape index (κ3) is 3.15. The number of azo groups is 1. The topological polar surface area (TPSA) is 120 Å². The lowest BCUT2D eigenvalue weighted by Crippen LogP contribution is -2.60. The zero-order valence-corrected chi connectivity index (χ0v) is 11.2. The molecule has 1 heterocycles. The Balaban J connectivity index is 3.02. The summed E-state index contributed by atoms with van der Waals surface area (Å²) in [4.78, 5) is 22.3. The van der Waals surface area contributed by atoms with Crippen LogP contribution >= 0.6 is 0 Å². The highest BCUT2D eigenvalue weighted by Gasteiger charge is 2.60. The minimum atomic E-state index is -2.25. The van der Waals surface area contributed by atoms with Crippen LogP contribution in [0.25, 0.3) is 0 Å². The van der Waals surface area contributed by atoms with Crippen molar-refractivity contribution in [3.8, 4) is 0 Å². The minimum absolute atomic E-state index is 0.259. The zero-order valence-electron chi connectivity index (χ0n) is 11.2. The van der Waals surface area contributed by atoms with Crippen molar-refractivity contribution < 1.29 is 24.1 Å². The van der Waals surface area contributed by atoms with Crippen LogP contribution in [0.5, 0.6) is 0 Å². The van der Waals surface area contributed by atoms with E-state index in [9.17, 15) is 20.1 Å². The maximum Gasteiger partial charge on any atom is 0.484 e. The highest BCUT2D eigenvalue weighted by atomic mass is 16.7. The normalized spacial score (nSPS) is 21.8. The van der Waals surface area contributed by atoms with Gasteiger partial charge >= 0.3 is 11.7 Å². The van der Waals surface area contributed by atoms with Crippen molar-refractivity contribution in [2.45, 2.75) is 25.3 Å². The Kier molecular flexibility index (Phi) is 4.06. The molecule has 0 aromatic heterocycles. The second kappa shape index (κ2) is 5.05. The molecule has 0 N–H and O–H groups in total. The van der Waals surface area contributed by atoms with Crippen LogP contribution in [-0.4, -0.2) is 59.5 Å². The molecule has 10 nitrogen and oxygen atoms in total. The van der Waals surface area contributed by atoms with E-state index in [1.54, 1.807) is 13.8 Å². The summed E-state index contributed by atoms with van der Waals surface area (Å²) in [6, 6.07) is -0.902. The van der Waals surface area contributed by atoms with Crippen LogP contribution in [-0.2, 0) is 9.47 Å². The van der Waals surface area contributed by atoms with Crippen molar-refractivity contribution in [3.63, 3.8) is 0 Å². The molecule has 1 aliphatic rings. The van der Waals surface area contributed by atoms with Crippen LogP contribution in [0.2, 0.25) is 0 Å². The second-order valence-electron chi connectivity index (χ2n) is 4.77. The number of carbonyl (C=O) groups excluding carboxylic acids is 1. The maximum absolute atomic E-state index is 11.8. The molecule has 1 aliphatic heterocycles. The number of urea groups is 1. The van der Waals surface area contributed by atoms with Crippen molar-refractivity contribution in [1.29, 1.82) is 0 Å². The van der Waals surface area contributed by atoms with E-state index in [1.165, 1.54) is 14.1 Å². The standard InChI is InChI=1S/C9H16N4O6/c1-8(2)18-5-9(6-19-8,13(16)17)12(15)10-7(14)11(3)4/h5-6H2,1-4H3. The lowest BCUT2D eigenvalue weighted by molar-refractivity contribution is -0.825. The van der Waals surface area contributed by atoms with Gasteiger partial charge in [0, 0.05) is 14.1 Å². The van der Waals surface area contributed by atoms with E-state index < -0.39 is 35.6 Å². The molecule has 108 valence electrons. The van der Waals surface area contributed by atoms with Crippen molar-refractivity contribution in [3.05, 3.63) is 15.3 Å². The van der Waals surface area contributed by atoms with Crippen LogP contribution in [0.15, 0.2) is 5.11 Å². The zero-order chi connectivity index (χ0) is 14.8. The quantitative estimate of drug-likeness (QED) is 0.236. The molecule has 0 saturated carbocycles. The summed E-state index contributed by atoms with van der Waals surface area (Å²) in [5, 5.41) is 26.0. The minimum Gasteiger partial charge on any atom is -0.594 e. The molecule has 0 unspecified atom stereocenters. The first-order valence-electron chi connectivity index (χ1n) is 5.43. The monoisotopic (exact) mass is 276 g/mol. The molecule has 1 rings (SSSR count). The van der Waals surface area contributed by atoms with Gasteiger partial charge in [0.25, 0.3) is 0 Å². The number of amides is 2. The molecule has 1 saturated heterocycles. The Morgan fingerprint density at radius 1 is 1.26 bits per heavy atom. The third-order valence-corrected chi connectivity index (χ3v) is 2.56. The molecule has 2 amide bonds. The van der Waals surface area contributed by atoms with Gasteiger partial charge in [-0.15, -0.1) is 0 Å². The van der Waals surface area contributed by atoms with E-state index >= 15 is 0 Å². The first kappa shape index (κ1) is 15.2. The number of hydroxylamine groups is 1. The number of ether oxygens (including phenoxy) is 2. The maximum atomic E-state index is 11.8. The van der Waals surface area contributed by atoms with Gasteiger partial charge in [-0.3, -0.25) is 10.1 Å². The van der Waals surface area contributed by atoms with Crippen molar-refractivity contribution in [2.75, 3.05) is 27.3 Å². The molecule has 0 bridgehead atoms. The molecule has 0 radical (unpaired) electrons. The average molecular weight is 276 g/mol. The number of nitro groups is 1. The van der Waals surface area contributed by atoms with Gasteiger partial charge in [-0.1, -0.05) is 0 Å². The van der Waals surface area contributed by atoms with Crippen LogP contribution in [0.3, 0.4) is 0 Å². The fraction of sp³-hybridized carbons (Fsp3) is 0.889. The predicted octanol–water partition coefficient (Wildman–Crippen LogP) is 0.386. The van der Waals surface area contributed by atoms with E-state index in [1.807, 2.05) is 0 Å². The average Bonchev–Trinajstić information content (AvgIpc) is 2.28. The highest BCUT2D eigenvalue weighted by molar-refractivity contribution is 5.73. The predicted molar refractivity (Wildman–Crippen MR) is 60.8 cm³/mol.